The highest BCUT2D eigenvalue weighted by Crippen LogP contribution is 2.47. The first-order valence-corrected chi connectivity index (χ1v) is 9.13. The molecule has 4 rings (SSSR count). The topological polar surface area (TPSA) is 109 Å². The van der Waals surface area contributed by atoms with Crippen LogP contribution in [0.15, 0.2) is 30.5 Å². The van der Waals surface area contributed by atoms with Crippen LogP contribution >= 0.6 is 0 Å². The maximum Gasteiger partial charge on any atom is 0.257 e. The van der Waals surface area contributed by atoms with Crippen molar-refractivity contribution in [2.24, 2.45) is 5.73 Å². The average molecular weight is 379 g/mol. The molecule has 8 heteroatoms. The van der Waals surface area contributed by atoms with Gasteiger partial charge in [-0.3, -0.25) is 14.4 Å². The number of amides is 3. The van der Waals surface area contributed by atoms with Crippen molar-refractivity contribution in [3.8, 4) is 0 Å². The number of para-hydroxylation sites is 1. The van der Waals surface area contributed by atoms with Crippen LogP contribution in [0.5, 0.6) is 0 Å². The third-order valence-electron chi connectivity index (χ3n) is 5.57. The Kier molecular flexibility index (Phi) is 4.14. The maximum absolute atomic E-state index is 13.3. The quantitative estimate of drug-likeness (QED) is 0.845. The number of hydrogen-bond acceptors (Lipinski definition) is 5. The summed E-state index contributed by atoms with van der Waals surface area (Å²) in [4.78, 5) is 49.3. The van der Waals surface area contributed by atoms with Gasteiger partial charge in [0.05, 0.1) is 16.7 Å². The molecule has 0 aliphatic carbocycles. The first-order valence-electron chi connectivity index (χ1n) is 9.13. The number of nitrogens with two attached hydrogens (primary N) is 1. The van der Waals surface area contributed by atoms with E-state index in [1.165, 1.54) is 11.1 Å². The van der Waals surface area contributed by atoms with E-state index >= 15 is 0 Å². The molecule has 144 valence electrons. The highest BCUT2D eigenvalue weighted by atomic mass is 16.2. The third kappa shape index (κ3) is 2.64. The van der Waals surface area contributed by atoms with Gasteiger partial charge in [-0.25, -0.2) is 9.97 Å². The van der Waals surface area contributed by atoms with Gasteiger partial charge < -0.3 is 15.5 Å². The van der Waals surface area contributed by atoms with Crippen LogP contribution in [0.4, 0.5) is 5.69 Å². The molecule has 2 aliphatic rings. The van der Waals surface area contributed by atoms with Crippen LogP contribution in [-0.4, -0.2) is 52.2 Å². The SMILES string of the molecule is Cc1ncc(C(=O)N2CCC3(C2)C(=O)N(CC(N)=O)c2ccccc23)c(C)n1. The number of aryl methyl sites for hydroxylation is 2. The highest BCUT2D eigenvalue weighted by Gasteiger charge is 2.55. The normalized spacial score (nSPS) is 20.7. The number of primary amides is 1. The van der Waals surface area contributed by atoms with E-state index in [2.05, 4.69) is 9.97 Å². The minimum absolute atomic E-state index is 0.170. The number of carbonyl (C=O) groups is 3. The molecule has 28 heavy (non-hydrogen) atoms. The number of carbonyl (C=O) groups excluding carboxylic acids is 3. The molecule has 1 fully saturated rings. The predicted molar refractivity (Wildman–Crippen MR) is 102 cm³/mol. The van der Waals surface area contributed by atoms with Gasteiger partial charge in [0.2, 0.25) is 11.8 Å². The first kappa shape index (κ1) is 18.1. The molecule has 0 bridgehead atoms. The summed E-state index contributed by atoms with van der Waals surface area (Å²) >= 11 is 0. The Labute approximate surface area is 162 Å². The summed E-state index contributed by atoms with van der Waals surface area (Å²) < 4.78 is 0. The Morgan fingerprint density at radius 3 is 2.71 bits per heavy atom. The second kappa shape index (κ2) is 6.40. The van der Waals surface area contributed by atoms with Crippen molar-refractivity contribution in [3.63, 3.8) is 0 Å². The van der Waals surface area contributed by atoms with Crippen LogP contribution in [0.3, 0.4) is 0 Å². The standard InChI is InChI=1S/C20H21N5O3/c1-12-14(9-22-13(2)23-12)18(27)24-8-7-20(11-24)15-5-3-4-6-16(15)25(19(20)28)10-17(21)26/h3-6,9H,7-8,10-11H2,1-2H3,(H2,21,26). The molecule has 2 aliphatic heterocycles. The van der Waals surface area contributed by atoms with Crippen molar-refractivity contribution in [2.45, 2.75) is 25.7 Å². The van der Waals surface area contributed by atoms with Gasteiger partial charge in [-0.05, 0) is 31.9 Å². The van der Waals surface area contributed by atoms with Crippen molar-refractivity contribution in [1.82, 2.24) is 14.9 Å². The van der Waals surface area contributed by atoms with Crippen LogP contribution in [0.25, 0.3) is 0 Å². The zero-order valence-corrected chi connectivity index (χ0v) is 15.8. The first-order chi connectivity index (χ1) is 13.3. The minimum atomic E-state index is -0.846. The molecule has 0 saturated carbocycles. The van der Waals surface area contributed by atoms with E-state index in [0.717, 1.165) is 5.56 Å². The molecule has 3 heterocycles. The van der Waals surface area contributed by atoms with Gasteiger partial charge in [-0.1, -0.05) is 18.2 Å². The van der Waals surface area contributed by atoms with Crippen LogP contribution in [0, 0.1) is 13.8 Å². The predicted octanol–water partition coefficient (Wildman–Crippen LogP) is 0.709. The van der Waals surface area contributed by atoms with Crippen molar-refractivity contribution in [3.05, 3.63) is 53.1 Å². The number of benzene rings is 1. The van der Waals surface area contributed by atoms with Crippen LogP contribution in [-0.2, 0) is 15.0 Å². The summed E-state index contributed by atoms with van der Waals surface area (Å²) in [5.74, 6) is -0.333. The smallest absolute Gasteiger partial charge is 0.257 e. The summed E-state index contributed by atoms with van der Waals surface area (Å²) in [6.07, 6.45) is 2.03. The van der Waals surface area contributed by atoms with Crippen LogP contribution in [0.2, 0.25) is 0 Å². The van der Waals surface area contributed by atoms with E-state index in [1.54, 1.807) is 18.7 Å². The Balaban J connectivity index is 1.68. The Morgan fingerprint density at radius 2 is 2.00 bits per heavy atom. The number of rotatable bonds is 3. The van der Waals surface area contributed by atoms with E-state index in [0.29, 0.717) is 35.7 Å². The van der Waals surface area contributed by atoms with E-state index in [1.807, 2.05) is 24.3 Å². The van der Waals surface area contributed by atoms with Crippen molar-refractivity contribution in [2.75, 3.05) is 24.5 Å². The lowest BCUT2D eigenvalue weighted by Gasteiger charge is -2.24. The Hall–Kier alpha value is -3.29. The molecule has 8 nitrogen and oxygen atoms in total. The van der Waals surface area contributed by atoms with Gasteiger partial charge >= 0.3 is 0 Å². The van der Waals surface area contributed by atoms with Crippen molar-refractivity contribution < 1.29 is 14.4 Å². The van der Waals surface area contributed by atoms with Gasteiger partial charge in [0, 0.05) is 25.0 Å². The summed E-state index contributed by atoms with van der Waals surface area (Å²) in [5.41, 5.74) is 7.09. The molecule has 2 N–H and O–H groups in total. The molecule has 2 aromatic rings. The largest absolute Gasteiger partial charge is 0.368 e. The molecule has 1 atom stereocenters. The molecule has 1 spiro atoms. The van der Waals surface area contributed by atoms with Crippen molar-refractivity contribution >= 4 is 23.4 Å². The lowest BCUT2D eigenvalue weighted by molar-refractivity contribution is -0.125. The van der Waals surface area contributed by atoms with E-state index in [9.17, 15) is 14.4 Å². The molecule has 1 aromatic heterocycles. The average Bonchev–Trinajstić information content (AvgIpc) is 3.19. The molecular weight excluding hydrogens is 358 g/mol. The molecule has 1 unspecified atom stereocenters. The maximum atomic E-state index is 13.3. The molecule has 1 saturated heterocycles. The van der Waals surface area contributed by atoms with Gasteiger partial charge in [-0.15, -0.1) is 0 Å². The molecular formula is C20H21N5O3. The number of likely N-dealkylation sites (tertiary alicyclic amines) is 1. The van der Waals surface area contributed by atoms with E-state index < -0.39 is 11.3 Å². The number of anilines is 1. The lowest BCUT2D eigenvalue weighted by Crippen LogP contribution is -2.45. The van der Waals surface area contributed by atoms with E-state index in [4.69, 9.17) is 5.73 Å². The number of nitrogens with zero attached hydrogens (tertiary/aromatic N) is 4. The second-order valence-corrected chi connectivity index (χ2v) is 7.35. The van der Waals surface area contributed by atoms with Crippen molar-refractivity contribution in [1.29, 1.82) is 0 Å². The van der Waals surface area contributed by atoms with Gasteiger partial charge in [0.25, 0.3) is 5.91 Å². The highest BCUT2D eigenvalue weighted by molar-refractivity contribution is 6.11. The van der Waals surface area contributed by atoms with Gasteiger partial charge in [-0.2, -0.15) is 0 Å². The molecule has 3 amide bonds. The zero-order valence-electron chi connectivity index (χ0n) is 15.8. The Morgan fingerprint density at radius 1 is 1.25 bits per heavy atom. The van der Waals surface area contributed by atoms with E-state index in [-0.39, 0.29) is 24.9 Å². The number of fused-ring (bicyclic) bond motifs is 2. The Bertz CT molecular complexity index is 1010. The zero-order chi connectivity index (χ0) is 20.1. The molecule has 0 radical (unpaired) electrons. The fourth-order valence-electron chi connectivity index (χ4n) is 4.25. The van der Waals surface area contributed by atoms with Crippen LogP contribution < -0.4 is 10.6 Å². The van der Waals surface area contributed by atoms with Crippen LogP contribution in [0.1, 0.15) is 33.9 Å². The second-order valence-electron chi connectivity index (χ2n) is 7.35. The summed E-state index contributed by atoms with van der Waals surface area (Å²) in [6, 6.07) is 7.39. The summed E-state index contributed by atoms with van der Waals surface area (Å²) in [5, 5.41) is 0. The monoisotopic (exact) mass is 379 g/mol. The van der Waals surface area contributed by atoms with Gasteiger partial charge in [0.1, 0.15) is 12.4 Å². The lowest BCUT2D eigenvalue weighted by atomic mass is 9.81. The van der Waals surface area contributed by atoms with Gasteiger partial charge in [0.15, 0.2) is 0 Å². The number of aromatic nitrogens is 2. The summed E-state index contributed by atoms with van der Waals surface area (Å²) in [7, 11) is 0. The fraction of sp³-hybridized carbons (Fsp3) is 0.350. The minimum Gasteiger partial charge on any atom is -0.368 e. The molecule has 1 aromatic carbocycles. The fourth-order valence-corrected chi connectivity index (χ4v) is 4.25. The summed E-state index contributed by atoms with van der Waals surface area (Å²) in [6.45, 7) is 4.07. The third-order valence-corrected chi connectivity index (χ3v) is 5.57. The number of hydrogen-bond donors (Lipinski definition) is 1.